The lowest BCUT2D eigenvalue weighted by Crippen LogP contribution is -2.41. The largest absolute Gasteiger partial charge is 0.381 e. The Morgan fingerprint density at radius 1 is 1.40 bits per heavy atom. The molecule has 0 amide bonds. The molecule has 1 aromatic carbocycles. The monoisotopic (exact) mass is 336 g/mol. The maximum absolute atomic E-state index is 8.95. The Morgan fingerprint density at radius 3 is 2.80 bits per heavy atom. The van der Waals surface area contributed by atoms with Gasteiger partial charge in [-0.25, -0.2) is 0 Å². The van der Waals surface area contributed by atoms with Crippen LogP contribution in [0.25, 0.3) is 0 Å². The molecule has 0 atom stereocenters. The van der Waals surface area contributed by atoms with Crippen LogP contribution in [-0.2, 0) is 11.3 Å². The van der Waals surface area contributed by atoms with E-state index in [0.717, 1.165) is 50.0 Å². The molecule has 1 heterocycles. The van der Waals surface area contributed by atoms with Crippen molar-refractivity contribution in [2.45, 2.75) is 19.4 Å². The number of ether oxygens (including phenoxy) is 1. The zero-order valence-electron chi connectivity index (χ0n) is 11.9. The molecule has 1 fully saturated rings. The molecule has 0 spiro atoms. The molecule has 1 aliphatic heterocycles. The fourth-order valence-corrected chi connectivity index (χ4v) is 3.56. The Hall–Kier alpha value is -0.890. The molecule has 0 unspecified atom stereocenters. The van der Waals surface area contributed by atoms with Gasteiger partial charge >= 0.3 is 0 Å². The van der Waals surface area contributed by atoms with Crippen molar-refractivity contribution in [2.24, 2.45) is 5.41 Å². The molecule has 20 heavy (non-hydrogen) atoms. The Morgan fingerprint density at radius 2 is 2.15 bits per heavy atom. The summed E-state index contributed by atoms with van der Waals surface area (Å²) in [6, 6.07) is 10.1. The van der Waals surface area contributed by atoms with Crippen molar-refractivity contribution in [1.82, 2.24) is 4.90 Å². The summed E-state index contributed by atoms with van der Waals surface area (Å²) >= 11 is 3.68. The van der Waals surface area contributed by atoms with E-state index in [9.17, 15) is 0 Å². The summed E-state index contributed by atoms with van der Waals surface area (Å²) in [4.78, 5) is 2.35. The van der Waals surface area contributed by atoms with Crippen molar-refractivity contribution in [3.8, 4) is 6.07 Å². The first-order valence-corrected chi connectivity index (χ1v) is 8.11. The third kappa shape index (κ3) is 4.05. The molecule has 0 bridgehead atoms. The predicted molar refractivity (Wildman–Crippen MR) is 83.8 cm³/mol. The van der Waals surface area contributed by atoms with Gasteiger partial charge < -0.3 is 9.64 Å². The van der Waals surface area contributed by atoms with Crippen LogP contribution < -0.4 is 0 Å². The first kappa shape index (κ1) is 15.5. The minimum Gasteiger partial charge on any atom is -0.381 e. The van der Waals surface area contributed by atoms with E-state index < -0.39 is 0 Å². The number of nitriles is 1. The smallest absolute Gasteiger partial charge is 0.0991 e. The highest BCUT2D eigenvalue weighted by atomic mass is 79.9. The summed E-state index contributed by atoms with van der Waals surface area (Å²) in [7, 11) is 2.15. The quantitative estimate of drug-likeness (QED) is 0.775. The van der Waals surface area contributed by atoms with E-state index >= 15 is 0 Å². The van der Waals surface area contributed by atoms with Gasteiger partial charge in [-0.15, -0.1) is 0 Å². The molecular weight excluding hydrogens is 316 g/mol. The van der Waals surface area contributed by atoms with E-state index in [1.165, 1.54) is 5.56 Å². The van der Waals surface area contributed by atoms with Crippen LogP contribution in [0.3, 0.4) is 0 Å². The second kappa shape index (κ2) is 7.21. The summed E-state index contributed by atoms with van der Waals surface area (Å²) < 4.78 is 5.48. The molecule has 0 N–H and O–H groups in total. The summed E-state index contributed by atoms with van der Waals surface area (Å²) in [5.74, 6) is 0. The third-order valence-corrected chi connectivity index (χ3v) is 5.14. The maximum Gasteiger partial charge on any atom is 0.0991 e. The molecule has 4 heteroatoms. The van der Waals surface area contributed by atoms with E-state index in [4.69, 9.17) is 10.00 Å². The van der Waals surface area contributed by atoms with Crippen LogP contribution in [0.4, 0.5) is 0 Å². The molecule has 108 valence electrons. The summed E-state index contributed by atoms with van der Waals surface area (Å²) in [6.07, 6.45) is 2.22. The summed E-state index contributed by atoms with van der Waals surface area (Å²) in [5.41, 5.74) is 2.25. The normalized spacial score (nSPS) is 17.9. The fourth-order valence-electron chi connectivity index (χ4n) is 2.82. The van der Waals surface area contributed by atoms with Crippen LogP contribution in [0.1, 0.15) is 24.0 Å². The van der Waals surface area contributed by atoms with E-state index in [0.29, 0.717) is 5.41 Å². The molecule has 1 saturated heterocycles. The molecule has 1 aromatic rings. The Kier molecular flexibility index (Phi) is 5.59. The lowest BCUT2D eigenvalue weighted by atomic mass is 9.82. The van der Waals surface area contributed by atoms with Gasteiger partial charge in [0.05, 0.1) is 11.6 Å². The first-order chi connectivity index (χ1) is 9.67. The molecule has 0 aliphatic carbocycles. The minimum absolute atomic E-state index is 0.319. The topological polar surface area (TPSA) is 36.3 Å². The van der Waals surface area contributed by atoms with Crippen molar-refractivity contribution in [2.75, 3.05) is 32.1 Å². The average Bonchev–Trinajstić information content (AvgIpc) is 2.48. The standard InChI is InChI=1S/C16H21BrN2O/c1-19(11-15-4-2-3-14(9-15)10-18)13-16(12-17)5-7-20-8-6-16/h2-4,9H,5-8,11-13H2,1H3. The second-order valence-corrected chi connectivity index (χ2v) is 6.29. The SMILES string of the molecule is CN(Cc1cccc(C#N)c1)CC1(CBr)CCOCC1. The van der Waals surface area contributed by atoms with Crippen LogP contribution in [-0.4, -0.2) is 37.0 Å². The average molecular weight is 337 g/mol. The highest BCUT2D eigenvalue weighted by molar-refractivity contribution is 9.09. The summed E-state index contributed by atoms with van der Waals surface area (Å²) in [6.45, 7) is 3.66. The van der Waals surface area contributed by atoms with Gasteiger partial charge in [0.25, 0.3) is 0 Å². The molecule has 3 nitrogen and oxygen atoms in total. The van der Waals surface area contributed by atoms with Gasteiger partial charge in [-0.3, -0.25) is 0 Å². The second-order valence-electron chi connectivity index (χ2n) is 5.73. The lowest BCUT2D eigenvalue weighted by molar-refractivity contribution is 0.0110. The van der Waals surface area contributed by atoms with Crippen LogP contribution >= 0.6 is 15.9 Å². The van der Waals surface area contributed by atoms with E-state index in [1.807, 2.05) is 18.2 Å². The minimum atomic E-state index is 0.319. The predicted octanol–water partition coefficient (Wildman–Crippen LogP) is 3.18. The van der Waals surface area contributed by atoms with Crippen LogP contribution in [0.15, 0.2) is 24.3 Å². The lowest BCUT2D eigenvalue weighted by Gasteiger charge is -2.38. The van der Waals surface area contributed by atoms with E-state index in [2.05, 4.69) is 40.0 Å². The van der Waals surface area contributed by atoms with Crippen molar-refractivity contribution < 1.29 is 4.74 Å². The number of nitrogens with zero attached hydrogens (tertiary/aromatic N) is 2. The summed E-state index contributed by atoms with van der Waals surface area (Å²) in [5, 5.41) is 9.97. The van der Waals surface area contributed by atoms with Gasteiger partial charge in [0.15, 0.2) is 0 Å². The van der Waals surface area contributed by atoms with Crippen molar-refractivity contribution in [1.29, 1.82) is 5.26 Å². The molecular formula is C16H21BrN2O. The third-order valence-electron chi connectivity index (χ3n) is 3.95. The van der Waals surface area contributed by atoms with Gasteiger partial charge in [-0.2, -0.15) is 5.26 Å². The van der Waals surface area contributed by atoms with Gasteiger partial charge in [-0.05, 0) is 43.0 Å². The van der Waals surface area contributed by atoms with Crippen molar-refractivity contribution in [3.63, 3.8) is 0 Å². The molecule has 2 rings (SSSR count). The van der Waals surface area contributed by atoms with Crippen molar-refractivity contribution >= 4 is 15.9 Å². The maximum atomic E-state index is 8.95. The molecule has 1 aliphatic rings. The Labute approximate surface area is 129 Å². The van der Waals surface area contributed by atoms with Crippen molar-refractivity contribution in [3.05, 3.63) is 35.4 Å². The molecule has 0 radical (unpaired) electrons. The van der Waals surface area contributed by atoms with Gasteiger partial charge in [0, 0.05) is 31.6 Å². The first-order valence-electron chi connectivity index (χ1n) is 6.99. The Bertz CT molecular complexity index is 478. The number of halogens is 1. The van der Waals surface area contributed by atoms with Gasteiger partial charge in [0.2, 0.25) is 0 Å². The number of alkyl halides is 1. The van der Waals surface area contributed by atoms with E-state index in [1.54, 1.807) is 0 Å². The molecule has 0 saturated carbocycles. The van der Waals surface area contributed by atoms with Gasteiger partial charge in [-0.1, -0.05) is 28.1 Å². The number of rotatable bonds is 5. The zero-order chi connectivity index (χ0) is 14.4. The van der Waals surface area contributed by atoms with Crippen LogP contribution in [0.2, 0.25) is 0 Å². The fraction of sp³-hybridized carbons (Fsp3) is 0.562. The van der Waals surface area contributed by atoms with Crippen LogP contribution in [0.5, 0.6) is 0 Å². The van der Waals surface area contributed by atoms with E-state index in [-0.39, 0.29) is 0 Å². The zero-order valence-corrected chi connectivity index (χ0v) is 13.5. The highest BCUT2D eigenvalue weighted by Crippen LogP contribution is 2.33. The number of hydrogen-bond acceptors (Lipinski definition) is 3. The van der Waals surface area contributed by atoms with Crippen LogP contribution in [0, 0.1) is 16.7 Å². The molecule has 0 aromatic heterocycles. The highest BCUT2D eigenvalue weighted by Gasteiger charge is 2.32. The number of benzene rings is 1. The Balaban J connectivity index is 1.97. The number of hydrogen-bond donors (Lipinski definition) is 0. The van der Waals surface area contributed by atoms with Gasteiger partial charge in [0.1, 0.15) is 0 Å².